The first kappa shape index (κ1) is 18.1. The Bertz CT molecular complexity index is 827. The number of hydrogen-bond donors (Lipinski definition) is 1. The van der Waals surface area contributed by atoms with Crippen molar-refractivity contribution in [1.82, 2.24) is 24.9 Å². The standard InChI is InChI=1S/C18H24N6O2S/c1-23-16(4-10-21-23)27(26)18(7-2-8-18)14-5-11-24(12-6-14)17(25)22-15-3-9-19-20-13-15/h3-4,9-10,13-14H,2,5-8,11-12H2,1H3,(H,19,22,25). The molecule has 0 aromatic carbocycles. The van der Waals surface area contributed by atoms with E-state index in [0.29, 0.717) is 24.7 Å². The smallest absolute Gasteiger partial charge is 0.321 e. The summed E-state index contributed by atoms with van der Waals surface area (Å²) in [5.74, 6) is 0.369. The SMILES string of the molecule is Cn1nccc1S(=O)C1(C2CCN(C(=O)Nc3ccnnc3)CC2)CCC1. The fraction of sp³-hybridized carbons (Fsp3) is 0.556. The summed E-state index contributed by atoms with van der Waals surface area (Å²) in [7, 11) is 0.782. The van der Waals surface area contributed by atoms with E-state index in [1.54, 1.807) is 23.1 Å². The topological polar surface area (TPSA) is 93.0 Å². The molecular weight excluding hydrogens is 364 g/mol. The number of carbonyl (C=O) groups is 1. The molecule has 144 valence electrons. The minimum absolute atomic E-state index is 0.114. The number of urea groups is 1. The molecule has 1 aliphatic heterocycles. The first-order chi connectivity index (χ1) is 13.1. The first-order valence-corrected chi connectivity index (χ1v) is 10.5. The van der Waals surface area contributed by atoms with E-state index in [1.807, 2.05) is 18.0 Å². The van der Waals surface area contributed by atoms with E-state index < -0.39 is 10.8 Å². The Morgan fingerprint density at radius 3 is 2.56 bits per heavy atom. The Kier molecular flexibility index (Phi) is 4.94. The molecule has 3 heterocycles. The van der Waals surface area contributed by atoms with Gasteiger partial charge in [-0.25, -0.2) is 4.79 Å². The highest BCUT2D eigenvalue weighted by molar-refractivity contribution is 7.86. The number of rotatable bonds is 4. The van der Waals surface area contributed by atoms with Crippen molar-refractivity contribution in [1.29, 1.82) is 0 Å². The van der Waals surface area contributed by atoms with Crippen LogP contribution in [0.15, 0.2) is 35.7 Å². The average Bonchev–Trinajstić information content (AvgIpc) is 3.08. The van der Waals surface area contributed by atoms with Crippen LogP contribution in [-0.4, -0.2) is 53.0 Å². The van der Waals surface area contributed by atoms with E-state index >= 15 is 0 Å². The van der Waals surface area contributed by atoms with Gasteiger partial charge in [0.1, 0.15) is 5.03 Å². The summed E-state index contributed by atoms with van der Waals surface area (Å²) >= 11 is 0. The van der Waals surface area contributed by atoms with Crippen molar-refractivity contribution >= 4 is 22.5 Å². The third-order valence-corrected chi connectivity index (χ3v) is 8.16. The molecule has 1 atom stereocenters. The Morgan fingerprint density at radius 1 is 1.22 bits per heavy atom. The second kappa shape index (κ2) is 7.38. The van der Waals surface area contributed by atoms with Crippen LogP contribution in [0, 0.1) is 5.92 Å². The van der Waals surface area contributed by atoms with Gasteiger partial charge in [-0.15, -0.1) is 0 Å². The third kappa shape index (κ3) is 3.36. The van der Waals surface area contributed by atoms with E-state index in [9.17, 15) is 9.00 Å². The van der Waals surface area contributed by atoms with Gasteiger partial charge in [0.25, 0.3) is 0 Å². The molecule has 1 aliphatic carbocycles. The van der Waals surface area contributed by atoms with Crippen molar-refractivity contribution in [3.8, 4) is 0 Å². The van der Waals surface area contributed by atoms with E-state index in [1.165, 1.54) is 6.20 Å². The summed E-state index contributed by atoms with van der Waals surface area (Å²) in [6.07, 6.45) is 9.66. The largest absolute Gasteiger partial charge is 0.325 e. The van der Waals surface area contributed by atoms with Gasteiger partial charge in [0, 0.05) is 20.1 Å². The lowest BCUT2D eigenvalue weighted by Gasteiger charge is -2.49. The fourth-order valence-corrected chi connectivity index (χ4v) is 6.28. The summed E-state index contributed by atoms with van der Waals surface area (Å²) < 4.78 is 14.9. The zero-order valence-electron chi connectivity index (χ0n) is 15.4. The molecule has 8 nitrogen and oxygen atoms in total. The maximum absolute atomic E-state index is 13.3. The maximum Gasteiger partial charge on any atom is 0.321 e. The zero-order valence-corrected chi connectivity index (χ0v) is 16.2. The summed E-state index contributed by atoms with van der Waals surface area (Å²) in [6, 6.07) is 3.47. The molecule has 2 fully saturated rings. The lowest BCUT2D eigenvalue weighted by atomic mass is 9.71. The molecule has 2 aromatic heterocycles. The Morgan fingerprint density at radius 2 is 2.00 bits per heavy atom. The van der Waals surface area contributed by atoms with Crippen molar-refractivity contribution < 1.29 is 9.00 Å². The van der Waals surface area contributed by atoms with Crippen LogP contribution >= 0.6 is 0 Å². The summed E-state index contributed by atoms with van der Waals surface area (Å²) in [4.78, 5) is 14.3. The van der Waals surface area contributed by atoms with Gasteiger partial charge in [0.05, 0.1) is 39.8 Å². The minimum Gasteiger partial charge on any atom is -0.325 e. The highest BCUT2D eigenvalue weighted by Gasteiger charge is 2.50. The predicted molar refractivity (Wildman–Crippen MR) is 102 cm³/mol. The number of nitrogens with zero attached hydrogens (tertiary/aromatic N) is 5. The molecular formula is C18H24N6O2S. The van der Waals surface area contributed by atoms with Gasteiger partial charge in [-0.1, -0.05) is 6.42 Å². The highest BCUT2D eigenvalue weighted by Crippen LogP contribution is 2.49. The number of aromatic nitrogens is 4. The van der Waals surface area contributed by atoms with Gasteiger partial charge in [0.2, 0.25) is 0 Å². The second-order valence-corrected chi connectivity index (χ2v) is 9.07. The van der Waals surface area contributed by atoms with Gasteiger partial charge in [-0.2, -0.15) is 15.3 Å². The van der Waals surface area contributed by atoms with Gasteiger partial charge in [-0.3, -0.25) is 8.89 Å². The molecule has 27 heavy (non-hydrogen) atoms. The van der Waals surface area contributed by atoms with Crippen molar-refractivity contribution in [2.75, 3.05) is 18.4 Å². The van der Waals surface area contributed by atoms with Crippen LogP contribution < -0.4 is 5.32 Å². The van der Waals surface area contributed by atoms with Crippen molar-refractivity contribution in [3.05, 3.63) is 30.7 Å². The molecule has 9 heteroatoms. The van der Waals surface area contributed by atoms with Crippen molar-refractivity contribution in [2.24, 2.45) is 13.0 Å². The van der Waals surface area contributed by atoms with Crippen LogP contribution in [0.4, 0.5) is 10.5 Å². The molecule has 1 saturated carbocycles. The molecule has 2 amide bonds. The van der Waals surface area contributed by atoms with Crippen LogP contribution in [-0.2, 0) is 17.8 Å². The monoisotopic (exact) mass is 388 g/mol. The normalized spacial score (nSPS) is 20.7. The number of nitrogens with one attached hydrogen (secondary N) is 1. The number of hydrogen-bond acceptors (Lipinski definition) is 5. The van der Waals surface area contributed by atoms with Gasteiger partial charge in [0.15, 0.2) is 0 Å². The Balaban J connectivity index is 1.40. The number of piperidine rings is 1. The fourth-order valence-electron chi connectivity index (χ4n) is 4.20. The first-order valence-electron chi connectivity index (χ1n) is 9.33. The van der Waals surface area contributed by atoms with Crippen LogP contribution in [0.3, 0.4) is 0 Å². The third-order valence-electron chi connectivity index (χ3n) is 5.90. The molecule has 2 aliphatic rings. The van der Waals surface area contributed by atoms with Gasteiger partial charge in [-0.05, 0) is 43.7 Å². The van der Waals surface area contributed by atoms with E-state index in [4.69, 9.17) is 0 Å². The molecule has 1 saturated heterocycles. The van der Waals surface area contributed by atoms with Gasteiger partial charge >= 0.3 is 6.03 Å². The molecule has 4 rings (SSSR count). The van der Waals surface area contributed by atoms with Crippen LogP contribution in [0.5, 0.6) is 0 Å². The van der Waals surface area contributed by atoms with Crippen LogP contribution in [0.2, 0.25) is 0 Å². The summed E-state index contributed by atoms with van der Waals surface area (Å²) in [6.45, 7) is 1.36. The molecule has 0 bridgehead atoms. The number of likely N-dealkylation sites (tertiary alicyclic amines) is 1. The second-order valence-electron chi connectivity index (χ2n) is 7.30. The number of carbonyl (C=O) groups excluding carboxylic acids is 1. The predicted octanol–water partition coefficient (Wildman–Crippen LogP) is 2.18. The van der Waals surface area contributed by atoms with Crippen LogP contribution in [0.1, 0.15) is 32.1 Å². The molecule has 1 unspecified atom stereocenters. The number of amides is 2. The lowest BCUT2D eigenvalue weighted by molar-refractivity contribution is 0.139. The number of anilines is 1. The zero-order chi connectivity index (χ0) is 18.9. The number of aryl methyl sites for hydroxylation is 1. The minimum atomic E-state index is -1.07. The lowest BCUT2D eigenvalue weighted by Crippen LogP contribution is -2.53. The quantitative estimate of drug-likeness (QED) is 0.867. The van der Waals surface area contributed by atoms with Crippen molar-refractivity contribution in [2.45, 2.75) is 41.9 Å². The van der Waals surface area contributed by atoms with Crippen molar-refractivity contribution in [3.63, 3.8) is 0 Å². The summed E-state index contributed by atoms with van der Waals surface area (Å²) in [5.41, 5.74) is 0.643. The van der Waals surface area contributed by atoms with E-state index in [2.05, 4.69) is 20.6 Å². The van der Waals surface area contributed by atoms with Gasteiger partial charge < -0.3 is 10.2 Å². The Labute approximate surface area is 160 Å². The maximum atomic E-state index is 13.3. The van der Waals surface area contributed by atoms with E-state index in [-0.39, 0.29) is 10.8 Å². The summed E-state index contributed by atoms with van der Waals surface area (Å²) in [5, 5.41) is 15.3. The Hall–Kier alpha value is -2.29. The molecule has 0 spiro atoms. The highest BCUT2D eigenvalue weighted by atomic mass is 32.2. The molecule has 0 radical (unpaired) electrons. The molecule has 1 N–H and O–H groups in total. The van der Waals surface area contributed by atoms with E-state index in [0.717, 1.165) is 37.1 Å². The van der Waals surface area contributed by atoms with Crippen LogP contribution in [0.25, 0.3) is 0 Å². The average molecular weight is 388 g/mol. The molecule has 2 aromatic rings.